The molecule has 1 aliphatic carbocycles. The van der Waals surface area contributed by atoms with Crippen molar-refractivity contribution in [3.05, 3.63) is 0 Å². The van der Waals surface area contributed by atoms with Crippen LogP contribution in [0, 0.1) is 11.8 Å². The van der Waals surface area contributed by atoms with Crippen LogP contribution in [0.15, 0.2) is 0 Å². The topological polar surface area (TPSA) is 63.2 Å². The van der Waals surface area contributed by atoms with Crippen molar-refractivity contribution in [1.82, 2.24) is 15.0 Å². The van der Waals surface area contributed by atoms with Gasteiger partial charge in [-0.15, -0.1) is 0 Å². The molecular weight excluding hydrogens is 254 g/mol. The first kappa shape index (κ1) is 13.4. The lowest BCUT2D eigenvalue weighted by Crippen LogP contribution is -2.24. The van der Waals surface area contributed by atoms with Crippen LogP contribution < -0.4 is 15.0 Å². The number of nitrogens with zero attached hydrogens (tertiary/aromatic N) is 4. The molecule has 0 spiro atoms. The summed E-state index contributed by atoms with van der Waals surface area (Å²) in [6, 6.07) is 0.422. The van der Waals surface area contributed by atoms with E-state index in [0.29, 0.717) is 18.6 Å². The number of aromatic nitrogens is 3. The Balaban J connectivity index is 1.80. The van der Waals surface area contributed by atoms with Crippen LogP contribution in [0.5, 0.6) is 6.01 Å². The molecule has 20 heavy (non-hydrogen) atoms. The summed E-state index contributed by atoms with van der Waals surface area (Å²) >= 11 is 0. The maximum atomic E-state index is 5.46. The van der Waals surface area contributed by atoms with Gasteiger partial charge in [-0.05, 0) is 38.5 Å². The number of ether oxygens (including phenoxy) is 1. The minimum absolute atomic E-state index is 0.422. The lowest BCUT2D eigenvalue weighted by Gasteiger charge is -2.18. The average Bonchev–Trinajstić information content (AvgIpc) is 3.00. The first-order chi connectivity index (χ1) is 9.80. The molecule has 1 saturated heterocycles. The van der Waals surface area contributed by atoms with Crippen LogP contribution in [0.25, 0.3) is 0 Å². The SMILES string of the molecule is CCNc1nc(OCC)nc(N2CC3CCCC3C2)n1. The van der Waals surface area contributed by atoms with E-state index in [1.807, 2.05) is 13.8 Å². The van der Waals surface area contributed by atoms with Gasteiger partial charge in [-0.2, -0.15) is 15.0 Å². The van der Waals surface area contributed by atoms with Crippen LogP contribution in [0.3, 0.4) is 0 Å². The van der Waals surface area contributed by atoms with Gasteiger partial charge in [0.25, 0.3) is 0 Å². The monoisotopic (exact) mass is 277 g/mol. The van der Waals surface area contributed by atoms with Gasteiger partial charge in [0.1, 0.15) is 0 Å². The van der Waals surface area contributed by atoms with Gasteiger partial charge in [-0.1, -0.05) is 6.42 Å². The van der Waals surface area contributed by atoms with Crippen molar-refractivity contribution in [2.24, 2.45) is 11.8 Å². The highest BCUT2D eigenvalue weighted by molar-refractivity contribution is 5.39. The largest absolute Gasteiger partial charge is 0.464 e. The normalized spacial score (nSPS) is 24.8. The zero-order valence-corrected chi connectivity index (χ0v) is 12.3. The number of fused-ring (bicyclic) bond motifs is 1. The number of anilines is 2. The standard InChI is InChI=1S/C14H23N5O/c1-3-15-12-16-13(18-14(17-12)20-4-2)19-8-10-6-5-7-11(10)9-19/h10-11H,3-9H2,1-2H3,(H,15,16,17,18). The van der Waals surface area contributed by atoms with E-state index in [1.54, 1.807) is 0 Å². The van der Waals surface area contributed by atoms with Gasteiger partial charge >= 0.3 is 6.01 Å². The molecule has 0 amide bonds. The summed E-state index contributed by atoms with van der Waals surface area (Å²) in [5.41, 5.74) is 0. The van der Waals surface area contributed by atoms with Crippen molar-refractivity contribution >= 4 is 11.9 Å². The third-order valence-electron chi connectivity index (χ3n) is 4.22. The maximum absolute atomic E-state index is 5.46. The zero-order valence-electron chi connectivity index (χ0n) is 12.3. The van der Waals surface area contributed by atoms with Crippen molar-refractivity contribution in [2.75, 3.05) is 36.5 Å². The van der Waals surface area contributed by atoms with Crippen LogP contribution >= 0.6 is 0 Å². The van der Waals surface area contributed by atoms with Gasteiger partial charge in [-0.25, -0.2) is 0 Å². The molecule has 2 fully saturated rings. The zero-order chi connectivity index (χ0) is 13.9. The second-order valence-corrected chi connectivity index (χ2v) is 5.56. The van der Waals surface area contributed by atoms with Crippen LogP contribution in [-0.4, -0.2) is 41.2 Å². The molecule has 1 aliphatic heterocycles. The summed E-state index contributed by atoms with van der Waals surface area (Å²) in [5, 5.41) is 3.15. The third-order valence-corrected chi connectivity index (χ3v) is 4.22. The molecule has 2 atom stereocenters. The molecule has 6 nitrogen and oxygen atoms in total. The van der Waals surface area contributed by atoms with Crippen molar-refractivity contribution in [1.29, 1.82) is 0 Å². The highest BCUT2D eigenvalue weighted by atomic mass is 16.5. The fraction of sp³-hybridized carbons (Fsp3) is 0.786. The lowest BCUT2D eigenvalue weighted by atomic mass is 10.0. The fourth-order valence-corrected chi connectivity index (χ4v) is 3.32. The number of nitrogens with one attached hydrogen (secondary N) is 1. The maximum Gasteiger partial charge on any atom is 0.323 e. The van der Waals surface area contributed by atoms with Gasteiger partial charge in [0.15, 0.2) is 0 Å². The molecule has 0 aromatic carbocycles. The van der Waals surface area contributed by atoms with Crippen molar-refractivity contribution in [2.45, 2.75) is 33.1 Å². The Morgan fingerprint density at radius 3 is 2.55 bits per heavy atom. The van der Waals surface area contributed by atoms with E-state index >= 15 is 0 Å². The molecule has 0 bridgehead atoms. The van der Waals surface area contributed by atoms with E-state index in [2.05, 4.69) is 25.2 Å². The van der Waals surface area contributed by atoms with E-state index in [9.17, 15) is 0 Å². The van der Waals surface area contributed by atoms with Gasteiger partial charge in [0.05, 0.1) is 6.61 Å². The van der Waals surface area contributed by atoms with Gasteiger partial charge in [-0.3, -0.25) is 0 Å². The molecule has 2 unspecified atom stereocenters. The summed E-state index contributed by atoms with van der Waals surface area (Å²) < 4.78 is 5.46. The predicted molar refractivity (Wildman–Crippen MR) is 78.2 cm³/mol. The summed E-state index contributed by atoms with van der Waals surface area (Å²) in [6.45, 7) is 7.48. The van der Waals surface area contributed by atoms with Crippen LogP contribution in [0.1, 0.15) is 33.1 Å². The first-order valence-electron chi connectivity index (χ1n) is 7.67. The molecule has 1 N–H and O–H groups in total. The van der Waals surface area contributed by atoms with Crippen LogP contribution in [-0.2, 0) is 0 Å². The number of hydrogen-bond donors (Lipinski definition) is 1. The van der Waals surface area contributed by atoms with E-state index in [-0.39, 0.29) is 0 Å². The van der Waals surface area contributed by atoms with E-state index in [4.69, 9.17) is 4.74 Å². The Kier molecular flexibility index (Phi) is 3.89. The van der Waals surface area contributed by atoms with Crippen LogP contribution in [0.4, 0.5) is 11.9 Å². The molecular formula is C14H23N5O. The Hall–Kier alpha value is -1.59. The van der Waals surface area contributed by atoms with Crippen molar-refractivity contribution < 1.29 is 4.74 Å². The van der Waals surface area contributed by atoms with Gasteiger partial charge < -0.3 is 15.0 Å². The summed E-state index contributed by atoms with van der Waals surface area (Å²) in [7, 11) is 0. The molecule has 0 radical (unpaired) electrons. The minimum atomic E-state index is 0.422. The molecule has 2 aliphatic rings. The molecule has 110 valence electrons. The minimum Gasteiger partial charge on any atom is -0.464 e. The second-order valence-electron chi connectivity index (χ2n) is 5.56. The quantitative estimate of drug-likeness (QED) is 0.887. The molecule has 1 aromatic rings. The molecule has 2 heterocycles. The van der Waals surface area contributed by atoms with E-state index < -0.39 is 0 Å². The van der Waals surface area contributed by atoms with Crippen LogP contribution in [0.2, 0.25) is 0 Å². The van der Waals surface area contributed by atoms with E-state index in [0.717, 1.165) is 37.4 Å². The highest BCUT2D eigenvalue weighted by Gasteiger charge is 2.37. The first-order valence-corrected chi connectivity index (χ1v) is 7.67. The summed E-state index contributed by atoms with van der Waals surface area (Å²) in [4.78, 5) is 15.5. The van der Waals surface area contributed by atoms with Gasteiger partial charge in [0, 0.05) is 19.6 Å². The fourth-order valence-electron chi connectivity index (χ4n) is 3.32. The molecule has 1 saturated carbocycles. The summed E-state index contributed by atoms with van der Waals surface area (Å²) in [6.07, 6.45) is 4.09. The number of rotatable bonds is 5. The van der Waals surface area contributed by atoms with E-state index in [1.165, 1.54) is 19.3 Å². The second kappa shape index (κ2) is 5.81. The predicted octanol–water partition coefficient (Wildman–Crippen LogP) is 1.94. The van der Waals surface area contributed by atoms with Crippen molar-refractivity contribution in [3.63, 3.8) is 0 Å². The highest BCUT2D eigenvalue weighted by Crippen LogP contribution is 2.38. The Labute approximate surface area is 120 Å². The van der Waals surface area contributed by atoms with Gasteiger partial charge in [0.2, 0.25) is 11.9 Å². The van der Waals surface area contributed by atoms with Crippen molar-refractivity contribution in [3.8, 4) is 6.01 Å². The average molecular weight is 277 g/mol. The molecule has 3 rings (SSSR count). The lowest BCUT2D eigenvalue weighted by molar-refractivity contribution is 0.312. The molecule has 6 heteroatoms. The Bertz CT molecular complexity index is 431. The molecule has 1 aromatic heterocycles. The Morgan fingerprint density at radius 2 is 1.90 bits per heavy atom. The smallest absolute Gasteiger partial charge is 0.323 e. The summed E-state index contributed by atoms with van der Waals surface area (Å²) in [5.74, 6) is 3.02. The third kappa shape index (κ3) is 2.64. The Morgan fingerprint density at radius 1 is 1.15 bits per heavy atom. The number of hydrogen-bond acceptors (Lipinski definition) is 6.